The first-order valence-corrected chi connectivity index (χ1v) is 6.29. The Bertz CT molecular complexity index is 94.9. The van der Waals surface area contributed by atoms with Gasteiger partial charge in [-0.15, -0.1) is 0 Å². The summed E-state index contributed by atoms with van der Waals surface area (Å²) in [5, 5.41) is 0. The van der Waals surface area contributed by atoms with E-state index in [0.29, 0.717) is 0 Å². The van der Waals surface area contributed by atoms with E-state index in [4.69, 9.17) is 14.3 Å². The average molecular weight is 281 g/mol. The van der Waals surface area contributed by atoms with Crippen LogP contribution in [0.25, 0.3) is 0 Å². The Kier molecular flexibility index (Phi) is 6.32. The van der Waals surface area contributed by atoms with Gasteiger partial charge in [-0.1, -0.05) is 0 Å². The number of hydrogen-bond donors (Lipinski definition) is 3. The van der Waals surface area contributed by atoms with E-state index in [1.54, 1.807) is 0 Å². The van der Waals surface area contributed by atoms with Crippen molar-refractivity contribution in [2.45, 2.75) is 0 Å². The predicted molar refractivity (Wildman–Crippen MR) is 15.9 cm³/mol. The van der Waals surface area contributed by atoms with Gasteiger partial charge in [0.1, 0.15) is 0 Å². The minimum absolute atomic E-state index is 1.50. The van der Waals surface area contributed by atoms with Gasteiger partial charge >= 0.3 is 31.1 Å². The van der Waals surface area contributed by atoms with Crippen LogP contribution in [0, 0.1) is 0 Å². The molecule has 0 aromatic heterocycles. The summed E-state index contributed by atoms with van der Waals surface area (Å²) < 4.78 is 32.1. The van der Waals surface area contributed by atoms with Gasteiger partial charge in [-0.05, 0) is 7.05 Å². The zero-order valence-electron chi connectivity index (χ0n) is 3.70. The summed E-state index contributed by atoms with van der Waals surface area (Å²) in [6.45, 7) is 0. The molecular weight excluding hydrogens is 274 g/mol. The van der Waals surface area contributed by atoms with Crippen LogP contribution >= 0.6 is 0 Å². The summed E-state index contributed by atoms with van der Waals surface area (Å²) in [5.41, 5.74) is 4.50. The Morgan fingerprint density at radius 2 is 1.29 bits per heavy atom. The Labute approximate surface area is 44.5 Å². The quantitative estimate of drug-likeness (QED) is 0.487. The Morgan fingerprint density at radius 1 is 1.29 bits per heavy atom. The second-order valence-corrected chi connectivity index (χ2v) is 3.67. The van der Waals surface area contributed by atoms with Gasteiger partial charge in [0.05, 0.1) is 0 Å². The summed E-state index contributed by atoms with van der Waals surface area (Å²) >= 11 is -5.67. The first kappa shape index (κ1) is 10.2. The number of hydrogen-bond acceptors (Lipinski definition) is 3. The summed E-state index contributed by atoms with van der Waals surface area (Å²) in [4.78, 5) is 0. The maximum absolute atomic E-state index is 8.87. The van der Waals surface area contributed by atoms with Crippen molar-refractivity contribution in [3.05, 3.63) is 0 Å². The molecule has 0 aliphatic carbocycles. The molecule has 0 atom stereocenters. The van der Waals surface area contributed by atoms with Gasteiger partial charge in [0.15, 0.2) is 0 Å². The molecule has 0 saturated carbocycles. The molecule has 0 spiro atoms. The summed E-state index contributed by atoms with van der Waals surface area (Å²) in [6.07, 6.45) is 0. The van der Waals surface area contributed by atoms with Gasteiger partial charge in [0, 0.05) is 0 Å². The normalized spacial score (nSPS) is 9.14. The van der Waals surface area contributed by atoms with E-state index in [0.717, 1.165) is 0 Å². The topological polar surface area (TPSA) is 101 Å². The Morgan fingerprint density at radius 3 is 1.29 bits per heavy atom. The molecule has 6 heteroatoms. The van der Waals surface area contributed by atoms with Crippen molar-refractivity contribution in [1.82, 2.24) is 0 Å². The minimum atomic E-state index is -5.67. The summed E-state index contributed by atoms with van der Waals surface area (Å²) in [7, 11) is 1.50. The van der Waals surface area contributed by atoms with Gasteiger partial charge in [-0.2, -0.15) is 0 Å². The van der Waals surface area contributed by atoms with Crippen LogP contribution in [0.15, 0.2) is 0 Å². The summed E-state index contributed by atoms with van der Waals surface area (Å²) in [5.74, 6) is 0. The molecule has 0 saturated heterocycles. The van der Waals surface area contributed by atoms with E-state index in [9.17, 15) is 0 Å². The van der Waals surface area contributed by atoms with Crippen molar-refractivity contribution in [3.8, 4) is 0 Å². The first-order valence-electron chi connectivity index (χ1n) is 1.28. The third kappa shape index (κ3) is 3780. The second kappa shape index (κ2) is 4.33. The molecule has 0 aromatic carbocycles. The van der Waals surface area contributed by atoms with Crippen molar-refractivity contribution in [2.24, 2.45) is 5.73 Å². The molecule has 0 bridgehead atoms. The van der Waals surface area contributed by atoms with Crippen LogP contribution < -0.4 is 5.73 Å². The third-order valence-corrected chi connectivity index (χ3v) is 0. The van der Waals surface area contributed by atoms with Gasteiger partial charge in [-0.3, -0.25) is 0 Å². The Hall–Kier alpha value is 0.168. The molecular formula is CH7NO4W. The number of nitrogens with two attached hydrogens (primary N) is 1. The van der Waals surface area contributed by atoms with Gasteiger partial charge in [0.25, 0.3) is 0 Å². The number of rotatable bonds is 0. The Balaban J connectivity index is 0. The molecule has 0 amide bonds. The molecule has 7 heavy (non-hydrogen) atoms. The maximum atomic E-state index is 8.87. The SMILES string of the molecule is CN.[O]=[W](=[O])([OH])[OH]. The van der Waals surface area contributed by atoms with E-state index >= 15 is 0 Å². The van der Waals surface area contributed by atoms with Gasteiger partial charge < -0.3 is 5.73 Å². The van der Waals surface area contributed by atoms with Crippen molar-refractivity contribution < 1.29 is 31.1 Å². The van der Waals surface area contributed by atoms with Crippen LogP contribution in [0.2, 0.25) is 0 Å². The van der Waals surface area contributed by atoms with Crippen molar-refractivity contribution in [3.63, 3.8) is 0 Å². The standard InChI is InChI=1S/CH5N.2H2O.2O.W/c1-2;;;;;/h2H2,1H3;2*1H2;;;/q;;;;;+2/p-2. The fraction of sp³-hybridized carbons (Fsp3) is 1.00. The fourth-order valence-corrected chi connectivity index (χ4v) is 0. The van der Waals surface area contributed by atoms with E-state index < -0.39 is 16.7 Å². The zero-order chi connectivity index (χ0) is 6.50. The third-order valence-electron chi connectivity index (χ3n) is 0. The van der Waals surface area contributed by atoms with E-state index in [1.165, 1.54) is 7.05 Å². The molecule has 46 valence electrons. The van der Waals surface area contributed by atoms with Crippen LogP contribution in [-0.2, 0) is 23.5 Å². The van der Waals surface area contributed by atoms with Crippen molar-refractivity contribution in [2.75, 3.05) is 7.05 Å². The van der Waals surface area contributed by atoms with Crippen LogP contribution in [0.3, 0.4) is 0 Å². The van der Waals surface area contributed by atoms with E-state index in [-0.39, 0.29) is 0 Å². The van der Waals surface area contributed by atoms with Gasteiger partial charge in [0.2, 0.25) is 0 Å². The van der Waals surface area contributed by atoms with Gasteiger partial charge in [-0.25, -0.2) is 0 Å². The monoisotopic (exact) mass is 281 g/mol. The van der Waals surface area contributed by atoms with Crippen LogP contribution in [0.4, 0.5) is 0 Å². The van der Waals surface area contributed by atoms with Crippen molar-refractivity contribution >= 4 is 0 Å². The molecule has 0 aliphatic rings. The molecule has 0 aromatic rings. The molecule has 5 nitrogen and oxygen atoms in total. The van der Waals surface area contributed by atoms with E-state index in [1.807, 2.05) is 0 Å². The molecule has 0 aliphatic heterocycles. The second-order valence-electron chi connectivity index (χ2n) is 0.448. The molecule has 0 rings (SSSR count). The zero-order valence-corrected chi connectivity index (χ0v) is 6.63. The molecule has 0 fully saturated rings. The van der Waals surface area contributed by atoms with Crippen LogP contribution in [0.1, 0.15) is 0 Å². The van der Waals surface area contributed by atoms with Crippen molar-refractivity contribution in [1.29, 1.82) is 0 Å². The molecule has 0 heterocycles. The fourth-order valence-electron chi connectivity index (χ4n) is 0. The molecule has 0 radical (unpaired) electrons. The predicted octanol–water partition coefficient (Wildman–Crippen LogP) is -1.78. The van der Waals surface area contributed by atoms with Crippen LogP contribution in [0.5, 0.6) is 0 Å². The first-order chi connectivity index (χ1) is 3.00. The molecule has 0 unspecified atom stereocenters. The molecule has 4 N–H and O–H groups in total. The van der Waals surface area contributed by atoms with Crippen LogP contribution in [-0.4, -0.2) is 14.6 Å². The van der Waals surface area contributed by atoms with E-state index in [2.05, 4.69) is 5.73 Å². The summed E-state index contributed by atoms with van der Waals surface area (Å²) in [6, 6.07) is 0. The average Bonchev–Trinajstić information content (AvgIpc) is 1.36.